The Labute approximate surface area is 171 Å². The van der Waals surface area contributed by atoms with Crippen LogP contribution in [0.4, 0.5) is 0 Å². The lowest BCUT2D eigenvalue weighted by Crippen LogP contribution is -2.23. The molecule has 0 aliphatic heterocycles. The first-order chi connectivity index (χ1) is 14.8. The van der Waals surface area contributed by atoms with Gasteiger partial charge in [0.1, 0.15) is 17.7 Å². The van der Waals surface area contributed by atoms with E-state index in [0.717, 1.165) is 11.3 Å². The molecular weight excluding hydrogens is 380 g/mol. The fourth-order valence-electron chi connectivity index (χ4n) is 3.14. The summed E-state index contributed by atoms with van der Waals surface area (Å²) in [4.78, 5) is 21.3. The molecule has 0 unspecified atom stereocenters. The predicted octanol–water partition coefficient (Wildman–Crippen LogP) is 4.47. The van der Waals surface area contributed by atoms with E-state index in [0.29, 0.717) is 40.4 Å². The Morgan fingerprint density at radius 2 is 1.87 bits per heavy atom. The van der Waals surface area contributed by atoms with Crippen molar-refractivity contribution in [3.8, 4) is 22.8 Å². The summed E-state index contributed by atoms with van der Waals surface area (Å²) in [6.45, 7) is 0.345. The molecule has 0 spiro atoms. The number of nitrogens with zero attached hydrogens (tertiary/aromatic N) is 3. The minimum Gasteiger partial charge on any atom is -0.444 e. The number of nitrogens with one attached hydrogen (secondary N) is 1. The average Bonchev–Trinajstić information content (AvgIpc) is 3.45. The SMILES string of the molecule is O=C(NCc1ccccn1)c1ccc2onc(-c3coc(-c4ccccc4)n3)c2c1. The molecule has 1 N–H and O–H groups in total. The van der Waals surface area contributed by atoms with Crippen LogP contribution in [-0.4, -0.2) is 21.0 Å². The standard InChI is InChI=1S/C23H16N4O3/c28-22(25-13-17-8-4-5-11-24-17)16-9-10-20-18(12-16)21(27-30-20)19-14-29-23(26-19)15-6-2-1-3-7-15/h1-12,14H,13H2,(H,25,28). The van der Waals surface area contributed by atoms with Gasteiger partial charge in [-0.2, -0.15) is 0 Å². The lowest BCUT2D eigenvalue weighted by atomic mass is 10.1. The van der Waals surface area contributed by atoms with E-state index in [9.17, 15) is 4.79 Å². The van der Waals surface area contributed by atoms with Gasteiger partial charge in [0.25, 0.3) is 5.91 Å². The fourth-order valence-corrected chi connectivity index (χ4v) is 3.14. The first-order valence-corrected chi connectivity index (χ1v) is 9.37. The van der Waals surface area contributed by atoms with Crippen LogP contribution in [-0.2, 0) is 6.54 Å². The molecule has 0 bridgehead atoms. The van der Waals surface area contributed by atoms with Crippen LogP contribution in [0.1, 0.15) is 16.1 Å². The van der Waals surface area contributed by atoms with Crippen LogP contribution in [0.3, 0.4) is 0 Å². The van der Waals surface area contributed by atoms with Gasteiger partial charge in [-0.15, -0.1) is 0 Å². The molecule has 0 fully saturated rings. The van der Waals surface area contributed by atoms with Gasteiger partial charge < -0.3 is 14.3 Å². The van der Waals surface area contributed by atoms with Crippen LogP contribution in [0.5, 0.6) is 0 Å². The molecule has 30 heavy (non-hydrogen) atoms. The number of rotatable bonds is 5. The van der Waals surface area contributed by atoms with Crippen molar-refractivity contribution in [3.05, 3.63) is 90.4 Å². The van der Waals surface area contributed by atoms with E-state index < -0.39 is 0 Å². The van der Waals surface area contributed by atoms with Gasteiger partial charge in [-0.3, -0.25) is 9.78 Å². The number of hydrogen-bond donors (Lipinski definition) is 1. The van der Waals surface area contributed by atoms with Crippen molar-refractivity contribution in [2.75, 3.05) is 0 Å². The number of aromatic nitrogens is 3. The monoisotopic (exact) mass is 396 g/mol. The van der Waals surface area contributed by atoms with E-state index in [1.165, 1.54) is 6.26 Å². The van der Waals surface area contributed by atoms with Crippen molar-refractivity contribution in [2.45, 2.75) is 6.54 Å². The van der Waals surface area contributed by atoms with Crippen LogP contribution in [0.15, 0.2) is 88.1 Å². The van der Waals surface area contributed by atoms with Gasteiger partial charge in [-0.1, -0.05) is 29.4 Å². The summed E-state index contributed by atoms with van der Waals surface area (Å²) in [6.07, 6.45) is 3.23. The zero-order valence-electron chi connectivity index (χ0n) is 15.8. The number of pyridine rings is 1. The normalized spacial score (nSPS) is 10.9. The second-order valence-corrected chi connectivity index (χ2v) is 6.65. The van der Waals surface area contributed by atoms with Gasteiger partial charge in [0.05, 0.1) is 17.6 Å². The molecule has 7 heteroatoms. The van der Waals surface area contributed by atoms with Gasteiger partial charge in [0.15, 0.2) is 5.58 Å². The molecule has 5 rings (SSSR count). The zero-order chi connectivity index (χ0) is 20.3. The maximum Gasteiger partial charge on any atom is 0.251 e. The highest BCUT2D eigenvalue weighted by Gasteiger charge is 2.17. The van der Waals surface area contributed by atoms with E-state index in [1.54, 1.807) is 24.4 Å². The third-order valence-electron chi connectivity index (χ3n) is 4.66. The smallest absolute Gasteiger partial charge is 0.251 e. The summed E-state index contributed by atoms with van der Waals surface area (Å²) in [5.74, 6) is 0.283. The van der Waals surface area contributed by atoms with Crippen LogP contribution < -0.4 is 5.32 Å². The van der Waals surface area contributed by atoms with Crippen molar-refractivity contribution >= 4 is 16.9 Å². The van der Waals surface area contributed by atoms with Crippen LogP contribution >= 0.6 is 0 Å². The van der Waals surface area contributed by atoms with Crippen LogP contribution in [0.2, 0.25) is 0 Å². The Morgan fingerprint density at radius 3 is 2.70 bits per heavy atom. The van der Waals surface area contributed by atoms with Gasteiger partial charge in [-0.05, 0) is 42.5 Å². The maximum absolute atomic E-state index is 12.6. The molecule has 0 aliphatic rings. The molecule has 3 heterocycles. The molecule has 0 atom stereocenters. The van der Waals surface area contributed by atoms with Crippen LogP contribution in [0, 0.1) is 0 Å². The molecule has 0 saturated heterocycles. The number of carbonyl (C=O) groups is 1. The van der Waals surface area contributed by atoms with E-state index >= 15 is 0 Å². The second kappa shape index (κ2) is 7.63. The minimum atomic E-state index is -0.208. The summed E-state index contributed by atoms with van der Waals surface area (Å²) in [6, 6.07) is 20.3. The highest BCUT2D eigenvalue weighted by atomic mass is 16.5. The summed E-state index contributed by atoms with van der Waals surface area (Å²) in [5, 5.41) is 7.69. The number of benzene rings is 2. The molecule has 0 aliphatic carbocycles. The quantitative estimate of drug-likeness (QED) is 0.471. The average molecular weight is 396 g/mol. The molecule has 3 aromatic heterocycles. The molecule has 0 radical (unpaired) electrons. The summed E-state index contributed by atoms with van der Waals surface area (Å²) < 4.78 is 11.0. The van der Waals surface area contributed by atoms with Crippen molar-refractivity contribution < 1.29 is 13.7 Å². The topological polar surface area (TPSA) is 94.1 Å². The third-order valence-corrected chi connectivity index (χ3v) is 4.66. The Balaban J connectivity index is 1.42. The number of fused-ring (bicyclic) bond motifs is 1. The Bertz CT molecular complexity index is 1310. The lowest BCUT2D eigenvalue weighted by Gasteiger charge is -2.04. The number of amides is 1. The summed E-state index contributed by atoms with van der Waals surface area (Å²) in [7, 11) is 0. The lowest BCUT2D eigenvalue weighted by molar-refractivity contribution is 0.0950. The Kier molecular flexibility index (Phi) is 4.53. The minimum absolute atomic E-state index is 0.208. The van der Waals surface area contributed by atoms with Gasteiger partial charge >= 0.3 is 0 Å². The first kappa shape index (κ1) is 17.8. The van der Waals surface area contributed by atoms with E-state index in [2.05, 4.69) is 20.4 Å². The molecule has 7 nitrogen and oxygen atoms in total. The Hall–Kier alpha value is -4.26. The molecule has 1 amide bonds. The summed E-state index contributed by atoms with van der Waals surface area (Å²) >= 11 is 0. The van der Waals surface area contributed by atoms with Crippen molar-refractivity contribution in [1.29, 1.82) is 0 Å². The molecular formula is C23H16N4O3. The Morgan fingerprint density at radius 1 is 1.00 bits per heavy atom. The van der Waals surface area contributed by atoms with Crippen LogP contribution in [0.25, 0.3) is 33.8 Å². The van der Waals surface area contributed by atoms with Gasteiger partial charge in [0.2, 0.25) is 5.89 Å². The number of hydrogen-bond acceptors (Lipinski definition) is 6. The van der Waals surface area contributed by atoms with Crippen molar-refractivity contribution in [2.24, 2.45) is 0 Å². The molecule has 146 valence electrons. The first-order valence-electron chi connectivity index (χ1n) is 9.37. The summed E-state index contributed by atoms with van der Waals surface area (Å²) in [5.41, 5.74) is 3.78. The molecule has 2 aromatic carbocycles. The van der Waals surface area contributed by atoms with Crippen molar-refractivity contribution in [3.63, 3.8) is 0 Å². The zero-order valence-corrected chi connectivity index (χ0v) is 15.8. The highest BCUT2D eigenvalue weighted by Crippen LogP contribution is 2.30. The fraction of sp³-hybridized carbons (Fsp3) is 0.0435. The van der Waals surface area contributed by atoms with E-state index in [4.69, 9.17) is 8.94 Å². The molecule has 0 saturated carbocycles. The van der Waals surface area contributed by atoms with E-state index in [1.807, 2.05) is 48.5 Å². The third kappa shape index (κ3) is 3.44. The number of carbonyl (C=O) groups excluding carboxylic acids is 1. The maximum atomic E-state index is 12.6. The number of oxazole rings is 1. The van der Waals surface area contributed by atoms with Gasteiger partial charge in [-0.25, -0.2) is 4.98 Å². The second-order valence-electron chi connectivity index (χ2n) is 6.65. The van der Waals surface area contributed by atoms with E-state index in [-0.39, 0.29) is 5.91 Å². The predicted molar refractivity (Wildman–Crippen MR) is 110 cm³/mol. The van der Waals surface area contributed by atoms with Gasteiger partial charge in [0, 0.05) is 17.3 Å². The molecule has 5 aromatic rings. The largest absolute Gasteiger partial charge is 0.444 e. The highest BCUT2D eigenvalue weighted by molar-refractivity contribution is 6.00. The van der Waals surface area contributed by atoms with Crippen molar-refractivity contribution in [1.82, 2.24) is 20.4 Å².